The lowest BCUT2D eigenvalue weighted by molar-refractivity contribution is -0.115. The molecule has 0 unspecified atom stereocenters. The second-order valence-corrected chi connectivity index (χ2v) is 6.39. The van der Waals surface area contributed by atoms with Gasteiger partial charge in [0.25, 0.3) is 0 Å². The number of carbonyl (C=O) groups excluding carboxylic acids is 1. The Labute approximate surface area is 135 Å². The number of hydrogen-bond donors (Lipinski definition) is 0. The lowest BCUT2D eigenvalue weighted by atomic mass is 10.2. The van der Waals surface area contributed by atoms with E-state index < -0.39 is 5.82 Å². The van der Waals surface area contributed by atoms with Crippen LogP contribution >= 0.6 is 27.7 Å². The van der Waals surface area contributed by atoms with Gasteiger partial charge >= 0.3 is 0 Å². The van der Waals surface area contributed by atoms with Gasteiger partial charge in [-0.05, 0) is 42.8 Å². The molecule has 3 nitrogen and oxygen atoms in total. The second-order valence-electron chi connectivity index (χ2n) is 4.46. The van der Waals surface area contributed by atoms with Gasteiger partial charge in [0.2, 0.25) is 5.91 Å². The molecular weight excluding hydrogens is 355 g/mol. The van der Waals surface area contributed by atoms with E-state index in [2.05, 4.69) is 20.9 Å². The zero-order chi connectivity index (χ0) is 15.4. The van der Waals surface area contributed by atoms with E-state index in [1.54, 1.807) is 0 Å². The highest BCUT2D eigenvalue weighted by molar-refractivity contribution is 9.10. The predicted octanol–water partition coefficient (Wildman–Crippen LogP) is 4.05. The van der Waals surface area contributed by atoms with Crippen molar-refractivity contribution in [2.45, 2.75) is 11.8 Å². The van der Waals surface area contributed by atoms with E-state index in [9.17, 15) is 9.18 Å². The van der Waals surface area contributed by atoms with Crippen molar-refractivity contribution < 1.29 is 9.18 Å². The predicted molar refractivity (Wildman–Crippen MR) is 87.2 cm³/mol. The maximum atomic E-state index is 13.6. The molecule has 0 aliphatic heterocycles. The third kappa shape index (κ3) is 4.04. The fourth-order valence-electron chi connectivity index (χ4n) is 1.75. The largest absolute Gasteiger partial charge is 0.297 e. The summed E-state index contributed by atoms with van der Waals surface area (Å²) in [6, 6.07) is 8.67. The third-order valence-corrected chi connectivity index (χ3v) is 4.57. The fourth-order valence-corrected chi connectivity index (χ4v) is 3.15. The highest BCUT2D eigenvalue weighted by Gasteiger charge is 2.16. The van der Waals surface area contributed by atoms with Gasteiger partial charge in [0.1, 0.15) is 0 Å². The molecule has 0 atom stereocenters. The minimum absolute atomic E-state index is 0.0515. The van der Waals surface area contributed by atoms with Crippen LogP contribution in [0, 0.1) is 12.7 Å². The van der Waals surface area contributed by atoms with E-state index in [-0.39, 0.29) is 17.5 Å². The molecule has 0 N–H and O–H groups in total. The highest BCUT2D eigenvalue weighted by Crippen LogP contribution is 2.26. The average molecular weight is 369 g/mol. The quantitative estimate of drug-likeness (QED) is 0.763. The van der Waals surface area contributed by atoms with Gasteiger partial charge < -0.3 is 0 Å². The Morgan fingerprint density at radius 2 is 2.19 bits per heavy atom. The van der Waals surface area contributed by atoms with Crippen molar-refractivity contribution in [1.82, 2.24) is 4.98 Å². The Morgan fingerprint density at radius 1 is 1.43 bits per heavy atom. The molecule has 2 aromatic rings. The van der Waals surface area contributed by atoms with Crippen LogP contribution in [0.25, 0.3) is 0 Å². The van der Waals surface area contributed by atoms with Gasteiger partial charge in [-0.3, -0.25) is 9.69 Å². The summed E-state index contributed by atoms with van der Waals surface area (Å²) in [5.41, 5.74) is 1.09. The van der Waals surface area contributed by atoms with Crippen molar-refractivity contribution in [3.8, 4) is 0 Å². The summed E-state index contributed by atoms with van der Waals surface area (Å²) in [5, 5.41) is 0. The number of nitrogens with zero attached hydrogens (tertiary/aromatic N) is 2. The van der Waals surface area contributed by atoms with Crippen molar-refractivity contribution in [3.63, 3.8) is 0 Å². The normalized spacial score (nSPS) is 10.5. The lowest BCUT2D eigenvalue weighted by Gasteiger charge is -2.16. The number of aromatic nitrogens is 1. The monoisotopic (exact) mass is 368 g/mol. The first kappa shape index (κ1) is 16.0. The first-order valence-electron chi connectivity index (χ1n) is 6.25. The van der Waals surface area contributed by atoms with Gasteiger partial charge in [0.05, 0.1) is 5.75 Å². The zero-order valence-corrected chi connectivity index (χ0v) is 14.0. The van der Waals surface area contributed by atoms with E-state index in [0.29, 0.717) is 0 Å². The molecule has 0 saturated heterocycles. The Balaban J connectivity index is 2.03. The number of aryl methyl sites for hydroxylation is 1. The summed E-state index contributed by atoms with van der Waals surface area (Å²) in [4.78, 5) is 18.3. The van der Waals surface area contributed by atoms with Crippen LogP contribution in [0.2, 0.25) is 0 Å². The summed E-state index contributed by atoms with van der Waals surface area (Å²) in [5.74, 6) is -0.414. The van der Waals surface area contributed by atoms with Crippen molar-refractivity contribution >= 4 is 39.4 Å². The Hall–Kier alpha value is -1.40. The maximum Gasteiger partial charge on any atom is 0.238 e. The smallest absolute Gasteiger partial charge is 0.238 e. The van der Waals surface area contributed by atoms with Crippen molar-refractivity contribution in [2.75, 3.05) is 17.7 Å². The van der Waals surface area contributed by atoms with Gasteiger partial charge in [-0.2, -0.15) is 0 Å². The molecule has 6 heteroatoms. The Morgan fingerprint density at radius 3 is 2.86 bits per heavy atom. The SMILES string of the molecule is Cc1cc(Br)ccc1SCC(=O)N(C)c1ncccc1F. The van der Waals surface area contributed by atoms with Crippen LogP contribution in [0.15, 0.2) is 45.9 Å². The minimum atomic E-state index is -0.502. The molecule has 0 aliphatic rings. The topological polar surface area (TPSA) is 33.2 Å². The van der Waals surface area contributed by atoms with Gasteiger partial charge in [-0.15, -0.1) is 11.8 Å². The standard InChI is InChI=1S/C15H14BrFN2OS/c1-10-8-11(16)5-6-13(10)21-9-14(20)19(2)15-12(17)4-3-7-18-15/h3-8H,9H2,1-2H3. The highest BCUT2D eigenvalue weighted by atomic mass is 79.9. The molecule has 0 bridgehead atoms. The van der Waals surface area contributed by atoms with Gasteiger partial charge in [0.15, 0.2) is 11.6 Å². The number of rotatable bonds is 4. The molecular formula is C15H14BrFN2OS. The van der Waals surface area contributed by atoms with E-state index in [0.717, 1.165) is 14.9 Å². The van der Waals surface area contributed by atoms with Crippen LogP contribution in [-0.2, 0) is 4.79 Å². The van der Waals surface area contributed by atoms with Crippen LogP contribution in [0.4, 0.5) is 10.2 Å². The number of halogens is 2. The van der Waals surface area contributed by atoms with Crippen LogP contribution in [0.1, 0.15) is 5.56 Å². The molecule has 2 rings (SSSR count). The van der Waals surface area contributed by atoms with Crippen LogP contribution in [0.5, 0.6) is 0 Å². The summed E-state index contributed by atoms with van der Waals surface area (Å²) >= 11 is 4.83. The molecule has 21 heavy (non-hydrogen) atoms. The van der Waals surface area contributed by atoms with Gasteiger partial charge in [-0.25, -0.2) is 9.37 Å². The molecule has 1 aromatic carbocycles. The molecule has 0 aliphatic carbocycles. The summed E-state index contributed by atoms with van der Waals surface area (Å²) in [6.45, 7) is 1.99. The molecule has 1 heterocycles. The molecule has 0 radical (unpaired) electrons. The van der Waals surface area contributed by atoms with E-state index in [1.807, 2.05) is 25.1 Å². The second kappa shape index (κ2) is 7.04. The van der Waals surface area contributed by atoms with E-state index >= 15 is 0 Å². The first-order valence-corrected chi connectivity index (χ1v) is 8.03. The molecule has 1 amide bonds. The number of amides is 1. The van der Waals surface area contributed by atoms with Crippen molar-refractivity contribution in [3.05, 3.63) is 52.4 Å². The zero-order valence-electron chi connectivity index (χ0n) is 11.6. The van der Waals surface area contributed by atoms with Crippen LogP contribution in [-0.4, -0.2) is 23.7 Å². The van der Waals surface area contributed by atoms with E-state index in [4.69, 9.17) is 0 Å². The molecule has 0 saturated carbocycles. The molecule has 0 fully saturated rings. The average Bonchev–Trinajstić information content (AvgIpc) is 2.46. The number of benzene rings is 1. The van der Waals surface area contributed by atoms with Crippen molar-refractivity contribution in [2.24, 2.45) is 0 Å². The molecule has 1 aromatic heterocycles. The fraction of sp³-hybridized carbons (Fsp3) is 0.200. The minimum Gasteiger partial charge on any atom is -0.297 e. The number of carbonyl (C=O) groups is 1. The van der Waals surface area contributed by atoms with Crippen LogP contribution in [0.3, 0.4) is 0 Å². The molecule has 110 valence electrons. The van der Waals surface area contributed by atoms with E-state index in [1.165, 1.54) is 42.0 Å². The lowest BCUT2D eigenvalue weighted by Crippen LogP contribution is -2.29. The third-order valence-electron chi connectivity index (χ3n) is 2.92. The number of thioether (sulfide) groups is 1. The first-order chi connectivity index (χ1) is 9.99. The molecule has 0 spiro atoms. The summed E-state index contributed by atoms with van der Waals surface area (Å²) < 4.78 is 14.6. The number of hydrogen-bond acceptors (Lipinski definition) is 3. The van der Waals surface area contributed by atoms with Gasteiger partial charge in [0, 0.05) is 22.6 Å². The Kier molecular flexibility index (Phi) is 5.36. The number of pyridine rings is 1. The summed E-state index contributed by atoms with van der Waals surface area (Å²) in [7, 11) is 1.53. The van der Waals surface area contributed by atoms with Gasteiger partial charge in [-0.1, -0.05) is 15.9 Å². The Bertz CT molecular complexity index is 666. The summed E-state index contributed by atoms with van der Waals surface area (Å²) in [6.07, 6.45) is 1.47. The van der Waals surface area contributed by atoms with Crippen molar-refractivity contribution in [1.29, 1.82) is 0 Å². The van der Waals surface area contributed by atoms with Crippen LogP contribution < -0.4 is 4.90 Å². The maximum absolute atomic E-state index is 13.6. The number of anilines is 1.